The number of nitriles is 1. The molecule has 1 amide bonds. The zero-order valence-corrected chi connectivity index (χ0v) is 12.4. The van der Waals surface area contributed by atoms with E-state index >= 15 is 0 Å². The Hall–Kier alpha value is -2.10. The second-order valence-electron chi connectivity index (χ2n) is 4.55. The molecule has 0 aromatic carbocycles. The van der Waals surface area contributed by atoms with Crippen LogP contribution in [-0.4, -0.2) is 35.0 Å². The first kappa shape index (κ1) is 13.9. The third kappa shape index (κ3) is 2.99. The van der Waals surface area contributed by atoms with E-state index in [9.17, 15) is 4.79 Å². The molecular weight excluding hydrogens is 310 g/mol. The van der Waals surface area contributed by atoms with Crippen LogP contribution in [0.3, 0.4) is 0 Å². The SMILES string of the molecule is N#Cc1ccnc(OC2CN(C(=O)c3ccc(Cl)s3)C2)c1. The summed E-state index contributed by atoms with van der Waals surface area (Å²) in [6, 6.07) is 8.67. The number of amides is 1. The summed E-state index contributed by atoms with van der Waals surface area (Å²) in [5.41, 5.74) is 0.500. The van der Waals surface area contributed by atoms with E-state index in [1.165, 1.54) is 17.5 Å². The fourth-order valence-electron chi connectivity index (χ4n) is 1.98. The van der Waals surface area contributed by atoms with Crippen molar-refractivity contribution in [1.29, 1.82) is 5.26 Å². The number of aromatic nitrogens is 1. The van der Waals surface area contributed by atoms with Gasteiger partial charge in [0.2, 0.25) is 5.88 Å². The topological polar surface area (TPSA) is 66.2 Å². The lowest BCUT2D eigenvalue weighted by atomic mass is 10.1. The van der Waals surface area contributed by atoms with Gasteiger partial charge in [0.15, 0.2) is 0 Å². The molecule has 2 aromatic heterocycles. The average molecular weight is 320 g/mol. The van der Waals surface area contributed by atoms with Crippen LogP contribution in [0.15, 0.2) is 30.5 Å². The highest BCUT2D eigenvalue weighted by atomic mass is 35.5. The lowest BCUT2D eigenvalue weighted by Crippen LogP contribution is -2.56. The number of ether oxygens (including phenoxy) is 1. The van der Waals surface area contributed by atoms with E-state index in [1.54, 1.807) is 29.2 Å². The van der Waals surface area contributed by atoms with Crippen molar-refractivity contribution in [1.82, 2.24) is 9.88 Å². The number of hydrogen-bond donors (Lipinski definition) is 0. The van der Waals surface area contributed by atoms with Gasteiger partial charge in [0.05, 0.1) is 33.9 Å². The highest BCUT2D eigenvalue weighted by Gasteiger charge is 2.33. The highest BCUT2D eigenvalue weighted by Crippen LogP contribution is 2.25. The highest BCUT2D eigenvalue weighted by molar-refractivity contribution is 7.17. The van der Waals surface area contributed by atoms with Gasteiger partial charge in [-0.2, -0.15) is 5.26 Å². The summed E-state index contributed by atoms with van der Waals surface area (Å²) < 4.78 is 6.24. The van der Waals surface area contributed by atoms with Gasteiger partial charge in [-0.25, -0.2) is 4.98 Å². The molecule has 1 saturated heterocycles. The molecule has 0 bridgehead atoms. The Morgan fingerprint density at radius 3 is 2.95 bits per heavy atom. The summed E-state index contributed by atoms with van der Waals surface area (Å²) in [7, 11) is 0. The van der Waals surface area contributed by atoms with Gasteiger partial charge in [-0.05, 0) is 18.2 Å². The van der Waals surface area contributed by atoms with Gasteiger partial charge in [0, 0.05) is 12.3 Å². The van der Waals surface area contributed by atoms with Gasteiger partial charge in [-0.15, -0.1) is 11.3 Å². The first-order chi connectivity index (χ1) is 10.2. The molecule has 3 heterocycles. The summed E-state index contributed by atoms with van der Waals surface area (Å²) in [6.07, 6.45) is 1.44. The third-order valence-electron chi connectivity index (χ3n) is 3.07. The van der Waals surface area contributed by atoms with Crippen molar-refractivity contribution in [2.75, 3.05) is 13.1 Å². The van der Waals surface area contributed by atoms with Crippen molar-refractivity contribution in [2.24, 2.45) is 0 Å². The van der Waals surface area contributed by atoms with Crippen LogP contribution in [-0.2, 0) is 0 Å². The van der Waals surface area contributed by atoms with Crippen molar-refractivity contribution in [2.45, 2.75) is 6.10 Å². The van der Waals surface area contributed by atoms with Crippen molar-refractivity contribution in [3.63, 3.8) is 0 Å². The van der Waals surface area contributed by atoms with Gasteiger partial charge in [-0.1, -0.05) is 11.6 Å². The fourth-order valence-corrected chi connectivity index (χ4v) is 2.99. The molecule has 0 spiro atoms. The van der Waals surface area contributed by atoms with Crippen LogP contribution in [0.1, 0.15) is 15.2 Å². The lowest BCUT2D eigenvalue weighted by Gasteiger charge is -2.38. The Bertz CT molecular complexity index is 719. The summed E-state index contributed by atoms with van der Waals surface area (Å²) >= 11 is 7.09. The van der Waals surface area contributed by atoms with E-state index in [0.29, 0.717) is 33.7 Å². The molecule has 0 N–H and O–H groups in total. The second-order valence-corrected chi connectivity index (χ2v) is 6.26. The largest absolute Gasteiger partial charge is 0.471 e. The Balaban J connectivity index is 1.56. The minimum Gasteiger partial charge on any atom is -0.471 e. The van der Waals surface area contributed by atoms with E-state index < -0.39 is 0 Å². The van der Waals surface area contributed by atoms with E-state index in [4.69, 9.17) is 21.6 Å². The second kappa shape index (κ2) is 5.72. The van der Waals surface area contributed by atoms with Gasteiger partial charge in [0.25, 0.3) is 5.91 Å². The number of likely N-dealkylation sites (tertiary alicyclic amines) is 1. The number of pyridine rings is 1. The molecule has 3 rings (SSSR count). The summed E-state index contributed by atoms with van der Waals surface area (Å²) in [5, 5.41) is 8.81. The molecule has 106 valence electrons. The zero-order chi connectivity index (χ0) is 14.8. The molecule has 0 unspecified atom stereocenters. The third-order valence-corrected chi connectivity index (χ3v) is 4.29. The van der Waals surface area contributed by atoms with Crippen molar-refractivity contribution < 1.29 is 9.53 Å². The van der Waals surface area contributed by atoms with Crippen LogP contribution in [0.2, 0.25) is 4.34 Å². The molecule has 2 aromatic rings. The number of nitrogens with zero attached hydrogens (tertiary/aromatic N) is 3. The summed E-state index contributed by atoms with van der Waals surface area (Å²) in [6.45, 7) is 1.01. The normalized spacial score (nSPS) is 14.4. The fraction of sp³-hybridized carbons (Fsp3) is 0.214. The molecule has 7 heteroatoms. The number of thiophene rings is 1. The molecule has 1 aliphatic rings. The number of carbonyl (C=O) groups excluding carboxylic acids is 1. The quantitative estimate of drug-likeness (QED) is 0.872. The van der Waals surface area contributed by atoms with Crippen LogP contribution < -0.4 is 4.74 Å². The van der Waals surface area contributed by atoms with Crippen LogP contribution in [0.4, 0.5) is 0 Å². The smallest absolute Gasteiger partial charge is 0.264 e. The molecular formula is C14H10ClN3O2S. The van der Waals surface area contributed by atoms with Gasteiger partial charge in [0.1, 0.15) is 6.10 Å². The molecule has 1 aliphatic heterocycles. The Morgan fingerprint density at radius 1 is 1.48 bits per heavy atom. The summed E-state index contributed by atoms with van der Waals surface area (Å²) in [4.78, 5) is 18.5. The Kier molecular flexibility index (Phi) is 3.78. The van der Waals surface area contributed by atoms with Gasteiger partial charge >= 0.3 is 0 Å². The molecule has 0 radical (unpaired) electrons. The standard InChI is InChI=1S/C14H10ClN3O2S/c15-12-2-1-11(21-12)14(19)18-7-10(8-18)20-13-5-9(6-16)3-4-17-13/h1-5,10H,7-8H2. The van der Waals surface area contributed by atoms with Crippen LogP contribution in [0.25, 0.3) is 0 Å². The van der Waals surface area contributed by atoms with Crippen LogP contribution in [0, 0.1) is 11.3 Å². The lowest BCUT2D eigenvalue weighted by molar-refractivity contribution is 0.0163. The van der Waals surface area contributed by atoms with E-state index in [1.807, 2.05) is 6.07 Å². The number of halogens is 1. The first-order valence-corrected chi connectivity index (χ1v) is 7.42. The molecule has 0 aliphatic carbocycles. The Morgan fingerprint density at radius 2 is 2.29 bits per heavy atom. The van der Waals surface area contributed by atoms with E-state index in [-0.39, 0.29) is 12.0 Å². The maximum Gasteiger partial charge on any atom is 0.264 e. The van der Waals surface area contributed by atoms with Crippen molar-refractivity contribution in [3.05, 3.63) is 45.2 Å². The average Bonchev–Trinajstić information content (AvgIpc) is 2.88. The minimum atomic E-state index is -0.0918. The molecule has 5 nitrogen and oxygen atoms in total. The first-order valence-electron chi connectivity index (χ1n) is 6.23. The van der Waals surface area contributed by atoms with Crippen molar-refractivity contribution >= 4 is 28.8 Å². The molecule has 0 saturated carbocycles. The van der Waals surface area contributed by atoms with Crippen LogP contribution in [0.5, 0.6) is 5.88 Å². The van der Waals surface area contributed by atoms with Gasteiger partial charge < -0.3 is 9.64 Å². The van der Waals surface area contributed by atoms with Crippen molar-refractivity contribution in [3.8, 4) is 11.9 Å². The minimum absolute atomic E-state index is 0.0366. The van der Waals surface area contributed by atoms with E-state index in [0.717, 1.165) is 0 Å². The van der Waals surface area contributed by atoms with E-state index in [2.05, 4.69) is 4.98 Å². The number of carbonyl (C=O) groups is 1. The monoisotopic (exact) mass is 319 g/mol. The zero-order valence-electron chi connectivity index (χ0n) is 10.8. The molecule has 0 atom stereocenters. The maximum absolute atomic E-state index is 12.1. The molecule has 21 heavy (non-hydrogen) atoms. The number of rotatable bonds is 3. The number of hydrogen-bond acceptors (Lipinski definition) is 5. The maximum atomic E-state index is 12.1. The Labute approximate surface area is 130 Å². The van der Waals surface area contributed by atoms with Crippen LogP contribution >= 0.6 is 22.9 Å². The molecule has 1 fully saturated rings. The van der Waals surface area contributed by atoms with Gasteiger partial charge in [-0.3, -0.25) is 4.79 Å². The summed E-state index contributed by atoms with van der Waals surface area (Å²) in [5.74, 6) is 0.371. The predicted octanol–water partition coefficient (Wildman–Crippen LogP) is 2.57. The predicted molar refractivity (Wildman–Crippen MR) is 78.6 cm³/mol.